The Hall–Kier alpha value is -1.51. The molecule has 0 bridgehead atoms. The van der Waals surface area contributed by atoms with Crippen LogP contribution < -0.4 is 11.5 Å². The second-order valence-electron chi connectivity index (χ2n) is 7.92. The first-order valence-corrected chi connectivity index (χ1v) is 8.36. The Morgan fingerprint density at radius 2 is 1.48 bits per heavy atom. The number of ether oxygens (including phenoxy) is 3. The summed E-state index contributed by atoms with van der Waals surface area (Å²) in [6.45, 7) is 8.41. The second-order valence-corrected chi connectivity index (χ2v) is 7.92. The zero-order valence-corrected chi connectivity index (χ0v) is 15.7. The van der Waals surface area contributed by atoms with Crippen LogP contribution in [0, 0.1) is 10.8 Å². The van der Waals surface area contributed by atoms with Crippen LogP contribution in [0.3, 0.4) is 0 Å². The van der Waals surface area contributed by atoms with Gasteiger partial charge in [-0.15, -0.1) is 0 Å². The topological polar surface area (TPSA) is 131 Å². The van der Waals surface area contributed by atoms with Gasteiger partial charge in [0, 0.05) is 0 Å². The molecule has 1 saturated carbocycles. The summed E-state index contributed by atoms with van der Waals surface area (Å²) in [4.78, 5) is 34.7. The molecule has 1 aliphatic carbocycles. The van der Waals surface area contributed by atoms with Crippen molar-refractivity contribution in [2.75, 3.05) is 13.7 Å². The van der Waals surface area contributed by atoms with Crippen LogP contribution in [-0.2, 0) is 28.6 Å². The van der Waals surface area contributed by atoms with Crippen LogP contribution in [0.5, 0.6) is 0 Å². The van der Waals surface area contributed by atoms with Gasteiger partial charge in [0.25, 0.3) is 0 Å². The Bertz CT molecular complexity index is 501. The lowest BCUT2D eigenvalue weighted by Gasteiger charge is -2.35. The molecule has 1 fully saturated rings. The molecule has 4 N–H and O–H groups in total. The molecule has 0 aliphatic heterocycles. The first kappa shape index (κ1) is 21.5. The molecule has 0 aromatic heterocycles. The predicted octanol–water partition coefficient (Wildman–Crippen LogP) is 0.505. The summed E-state index contributed by atoms with van der Waals surface area (Å²) in [5, 5.41) is 0. The number of hydrogen-bond donors (Lipinski definition) is 2. The van der Waals surface area contributed by atoms with Crippen LogP contribution in [0.15, 0.2) is 0 Å². The third-order valence-corrected chi connectivity index (χ3v) is 4.70. The van der Waals surface area contributed by atoms with Crippen LogP contribution in [-0.4, -0.2) is 49.8 Å². The van der Waals surface area contributed by atoms with Crippen molar-refractivity contribution in [1.29, 1.82) is 0 Å². The standard InChI is InChI=1S/C17H30N2O6/c1-16(2)6-7-17(3,4)15(16)24-9-11(19)14(22)25-13(21)10(18)8-12(20)23-5/h10-11,15H,6-9,18-19H2,1-5H3/t10-,11-/m0/s1. The van der Waals surface area contributed by atoms with E-state index in [-0.39, 0.29) is 30.0 Å². The van der Waals surface area contributed by atoms with Gasteiger partial charge in [-0.2, -0.15) is 0 Å². The normalized spacial score (nSPS) is 21.4. The van der Waals surface area contributed by atoms with Crippen molar-refractivity contribution in [2.24, 2.45) is 22.3 Å². The zero-order chi connectivity index (χ0) is 19.4. The molecule has 1 rings (SSSR count). The predicted molar refractivity (Wildman–Crippen MR) is 90.2 cm³/mol. The molecule has 0 saturated heterocycles. The molecule has 0 amide bonds. The minimum atomic E-state index is -1.28. The molecule has 8 nitrogen and oxygen atoms in total. The number of methoxy groups -OCH3 is 1. The van der Waals surface area contributed by atoms with Gasteiger partial charge in [0.15, 0.2) is 0 Å². The molecular weight excluding hydrogens is 328 g/mol. The Labute approximate surface area is 148 Å². The maximum absolute atomic E-state index is 11.9. The summed E-state index contributed by atoms with van der Waals surface area (Å²) in [6, 6.07) is -2.39. The van der Waals surface area contributed by atoms with E-state index in [0.717, 1.165) is 12.8 Å². The third kappa shape index (κ3) is 5.76. The van der Waals surface area contributed by atoms with Gasteiger partial charge in [-0.25, -0.2) is 9.59 Å². The highest BCUT2D eigenvalue weighted by molar-refractivity contribution is 5.92. The molecule has 0 unspecified atom stereocenters. The smallest absolute Gasteiger partial charge is 0.333 e. The third-order valence-electron chi connectivity index (χ3n) is 4.70. The van der Waals surface area contributed by atoms with Gasteiger partial charge >= 0.3 is 17.9 Å². The fraction of sp³-hybridized carbons (Fsp3) is 0.824. The van der Waals surface area contributed by atoms with Gasteiger partial charge < -0.3 is 25.7 Å². The Balaban J connectivity index is 2.52. The lowest BCUT2D eigenvalue weighted by Crippen LogP contribution is -2.45. The first-order chi connectivity index (χ1) is 11.4. The zero-order valence-electron chi connectivity index (χ0n) is 15.7. The second kappa shape index (κ2) is 8.25. The summed E-state index contributed by atoms with van der Waals surface area (Å²) >= 11 is 0. The number of carbonyl (C=O) groups is 3. The van der Waals surface area contributed by atoms with E-state index < -0.39 is 30.0 Å². The molecule has 8 heteroatoms. The van der Waals surface area contributed by atoms with Gasteiger partial charge in [-0.1, -0.05) is 27.7 Å². The van der Waals surface area contributed by atoms with Crippen molar-refractivity contribution >= 4 is 17.9 Å². The molecule has 0 heterocycles. The Morgan fingerprint density at radius 3 is 1.96 bits per heavy atom. The summed E-state index contributed by atoms with van der Waals surface area (Å²) in [6.07, 6.45) is 1.60. The van der Waals surface area contributed by atoms with Crippen molar-refractivity contribution in [1.82, 2.24) is 0 Å². The highest BCUT2D eigenvalue weighted by Gasteiger charge is 2.48. The van der Waals surface area contributed by atoms with Crippen LogP contribution in [0.1, 0.15) is 47.0 Å². The quantitative estimate of drug-likeness (QED) is 0.497. The number of rotatable bonds is 7. The fourth-order valence-corrected chi connectivity index (χ4v) is 3.28. The van der Waals surface area contributed by atoms with Crippen molar-refractivity contribution < 1.29 is 28.6 Å². The van der Waals surface area contributed by atoms with E-state index in [1.807, 2.05) is 0 Å². The number of hydrogen-bond acceptors (Lipinski definition) is 8. The fourth-order valence-electron chi connectivity index (χ4n) is 3.28. The van der Waals surface area contributed by atoms with Gasteiger partial charge in [0.05, 0.1) is 26.2 Å². The molecule has 144 valence electrons. The van der Waals surface area contributed by atoms with Crippen LogP contribution >= 0.6 is 0 Å². The summed E-state index contributed by atoms with van der Waals surface area (Å²) in [5.74, 6) is -2.62. The minimum Gasteiger partial charge on any atom is -0.469 e. The summed E-state index contributed by atoms with van der Waals surface area (Å²) in [7, 11) is 1.17. The SMILES string of the molecule is COC(=O)C[C@H](N)C(=O)OC(=O)[C@@H](N)COC1C(C)(C)CCC1(C)C. The minimum absolute atomic E-state index is 0.0220. The maximum atomic E-state index is 11.9. The van der Waals surface area contributed by atoms with E-state index in [2.05, 4.69) is 37.2 Å². The molecule has 0 aromatic rings. The number of nitrogens with two attached hydrogens (primary N) is 2. The molecule has 25 heavy (non-hydrogen) atoms. The molecule has 0 aromatic carbocycles. The summed E-state index contributed by atoms with van der Waals surface area (Å²) < 4.78 is 14.9. The number of carbonyl (C=O) groups excluding carboxylic acids is 3. The van der Waals surface area contributed by atoms with Gasteiger partial charge in [-0.05, 0) is 23.7 Å². The lowest BCUT2D eigenvalue weighted by molar-refractivity contribution is -0.165. The Morgan fingerprint density at radius 1 is 1.00 bits per heavy atom. The number of esters is 3. The van der Waals surface area contributed by atoms with E-state index in [1.165, 1.54) is 7.11 Å². The van der Waals surface area contributed by atoms with Crippen LogP contribution in [0.25, 0.3) is 0 Å². The van der Waals surface area contributed by atoms with Crippen molar-refractivity contribution in [2.45, 2.75) is 65.1 Å². The van der Waals surface area contributed by atoms with Crippen LogP contribution in [0.4, 0.5) is 0 Å². The largest absolute Gasteiger partial charge is 0.469 e. The summed E-state index contributed by atoms with van der Waals surface area (Å²) in [5.41, 5.74) is 11.2. The van der Waals surface area contributed by atoms with Crippen LogP contribution in [0.2, 0.25) is 0 Å². The molecule has 0 radical (unpaired) electrons. The monoisotopic (exact) mass is 358 g/mol. The average molecular weight is 358 g/mol. The molecule has 2 atom stereocenters. The van der Waals surface area contributed by atoms with E-state index in [1.54, 1.807) is 0 Å². The van der Waals surface area contributed by atoms with E-state index in [9.17, 15) is 14.4 Å². The molecule has 0 spiro atoms. The Kier molecular flexibility index (Phi) is 7.10. The van der Waals surface area contributed by atoms with Crippen molar-refractivity contribution in [3.05, 3.63) is 0 Å². The van der Waals surface area contributed by atoms with Gasteiger partial charge in [0.1, 0.15) is 12.1 Å². The van der Waals surface area contributed by atoms with Crippen molar-refractivity contribution in [3.8, 4) is 0 Å². The lowest BCUT2D eigenvalue weighted by atomic mass is 9.81. The maximum Gasteiger partial charge on any atom is 0.333 e. The highest BCUT2D eigenvalue weighted by atomic mass is 16.6. The molecular formula is C17H30N2O6. The van der Waals surface area contributed by atoms with E-state index >= 15 is 0 Å². The van der Waals surface area contributed by atoms with E-state index in [0.29, 0.717) is 0 Å². The van der Waals surface area contributed by atoms with E-state index in [4.69, 9.17) is 16.2 Å². The van der Waals surface area contributed by atoms with Gasteiger partial charge in [0.2, 0.25) is 0 Å². The average Bonchev–Trinajstić information content (AvgIpc) is 2.73. The first-order valence-electron chi connectivity index (χ1n) is 8.36. The highest BCUT2D eigenvalue weighted by Crippen LogP contribution is 2.50. The van der Waals surface area contributed by atoms with Crippen molar-refractivity contribution in [3.63, 3.8) is 0 Å². The van der Waals surface area contributed by atoms with Gasteiger partial charge in [-0.3, -0.25) is 4.79 Å². The molecule has 1 aliphatic rings.